The molecule has 0 radical (unpaired) electrons. The highest BCUT2D eigenvalue weighted by Gasteiger charge is 2.32. The summed E-state index contributed by atoms with van der Waals surface area (Å²) in [6.07, 6.45) is 3.66. The summed E-state index contributed by atoms with van der Waals surface area (Å²) in [6, 6.07) is 27.5. The number of aryl methyl sites for hydroxylation is 1. The summed E-state index contributed by atoms with van der Waals surface area (Å²) >= 11 is 17.4. The van der Waals surface area contributed by atoms with E-state index in [0.717, 1.165) is 40.8 Å². The number of fused-ring (bicyclic) bond motifs is 3. The van der Waals surface area contributed by atoms with Gasteiger partial charge >= 0.3 is 0 Å². The summed E-state index contributed by atoms with van der Waals surface area (Å²) in [5, 5.41) is 1.09. The molecule has 7 rings (SSSR count). The smallest absolute Gasteiger partial charge is 0.271 e. The first-order chi connectivity index (χ1) is 21.4. The summed E-state index contributed by atoms with van der Waals surface area (Å²) in [7, 11) is 1.59. The Labute approximate surface area is 276 Å². The van der Waals surface area contributed by atoms with Gasteiger partial charge in [0, 0.05) is 21.2 Å². The normalized spacial score (nSPS) is 15.7. The van der Waals surface area contributed by atoms with Crippen molar-refractivity contribution in [2.24, 2.45) is 4.99 Å². The van der Waals surface area contributed by atoms with E-state index in [-0.39, 0.29) is 18.2 Å². The van der Waals surface area contributed by atoms with Crippen molar-refractivity contribution in [3.63, 3.8) is 0 Å². The molecule has 0 saturated heterocycles. The molecule has 2 heterocycles. The molecule has 0 saturated carbocycles. The maximum atomic E-state index is 14.1. The van der Waals surface area contributed by atoms with E-state index in [4.69, 9.17) is 37.7 Å². The number of nitrogens with zero attached hydrogens (tertiary/aromatic N) is 2. The molecule has 1 aliphatic carbocycles. The van der Waals surface area contributed by atoms with Gasteiger partial charge in [0.1, 0.15) is 6.61 Å². The Morgan fingerprint density at radius 1 is 1.02 bits per heavy atom. The van der Waals surface area contributed by atoms with Gasteiger partial charge in [0.2, 0.25) is 0 Å². The van der Waals surface area contributed by atoms with Crippen molar-refractivity contribution in [2.75, 3.05) is 7.11 Å². The number of ether oxygens (including phenoxy) is 2. The first-order valence-corrected chi connectivity index (χ1v) is 16.4. The van der Waals surface area contributed by atoms with Gasteiger partial charge in [-0.15, -0.1) is 0 Å². The second kappa shape index (κ2) is 12.1. The highest BCUT2D eigenvalue weighted by atomic mass is 79.9. The average molecular weight is 704 g/mol. The number of hydrogen-bond donors (Lipinski definition) is 0. The van der Waals surface area contributed by atoms with Crippen LogP contribution in [0.1, 0.15) is 40.3 Å². The summed E-state index contributed by atoms with van der Waals surface area (Å²) < 4.78 is 14.9. The fraction of sp³-hybridized carbons (Fsp3) is 0.143. The average Bonchev–Trinajstić information content (AvgIpc) is 3.34. The van der Waals surface area contributed by atoms with Crippen LogP contribution in [0.3, 0.4) is 0 Å². The Hall–Kier alpha value is -3.62. The van der Waals surface area contributed by atoms with E-state index in [9.17, 15) is 4.79 Å². The zero-order valence-electron chi connectivity index (χ0n) is 23.5. The van der Waals surface area contributed by atoms with Crippen LogP contribution in [-0.2, 0) is 13.0 Å². The van der Waals surface area contributed by atoms with Gasteiger partial charge in [0.05, 0.1) is 27.9 Å². The lowest BCUT2D eigenvalue weighted by Gasteiger charge is -2.30. The van der Waals surface area contributed by atoms with E-state index in [0.29, 0.717) is 35.4 Å². The Kier molecular flexibility index (Phi) is 7.97. The van der Waals surface area contributed by atoms with Gasteiger partial charge in [0.15, 0.2) is 16.3 Å². The molecule has 1 aromatic heterocycles. The Morgan fingerprint density at radius 3 is 2.61 bits per heavy atom. The maximum Gasteiger partial charge on any atom is 0.271 e. The summed E-state index contributed by atoms with van der Waals surface area (Å²) in [5.74, 6) is 1.06. The lowest BCUT2D eigenvalue weighted by Crippen LogP contribution is -2.38. The van der Waals surface area contributed by atoms with E-state index in [1.165, 1.54) is 22.5 Å². The number of halogens is 3. The van der Waals surface area contributed by atoms with E-state index in [1.54, 1.807) is 19.2 Å². The number of hydrogen-bond acceptors (Lipinski definition) is 5. The molecule has 9 heteroatoms. The standard InChI is InChI=1S/C35H25BrCl2N2O3S/c1-42-29-16-20(15-27(36)33(29)43-19-23-11-13-24(37)18-28(23)38)17-30-34(41)40-32(22-8-3-2-4-9-22)26-14-12-21-7-5-6-10-25(21)31(26)39-35(40)44-30/h2-11,13,15-18,32H,12,14,19H2,1H3/b30-17-/t32-/m1/s1. The first-order valence-electron chi connectivity index (χ1n) is 14.0. The zero-order valence-corrected chi connectivity index (χ0v) is 27.4. The molecule has 1 atom stereocenters. The molecule has 5 aromatic rings. The maximum absolute atomic E-state index is 14.1. The molecule has 5 nitrogen and oxygen atoms in total. The van der Waals surface area contributed by atoms with Gasteiger partial charge in [-0.05, 0) is 81.4 Å². The predicted octanol–water partition coefficient (Wildman–Crippen LogP) is 7.98. The molecule has 220 valence electrons. The van der Waals surface area contributed by atoms with Crippen molar-refractivity contribution < 1.29 is 9.47 Å². The minimum absolute atomic E-state index is 0.0687. The fourth-order valence-corrected chi connectivity index (χ4v) is 7.90. The summed E-state index contributed by atoms with van der Waals surface area (Å²) in [5.41, 5.74) is 7.21. The molecule has 44 heavy (non-hydrogen) atoms. The third kappa shape index (κ3) is 5.32. The highest BCUT2D eigenvalue weighted by Crippen LogP contribution is 2.41. The van der Waals surface area contributed by atoms with Crippen LogP contribution in [-0.4, -0.2) is 11.7 Å². The van der Waals surface area contributed by atoms with Crippen molar-refractivity contribution in [1.29, 1.82) is 0 Å². The molecule has 0 bridgehead atoms. The minimum Gasteiger partial charge on any atom is -0.493 e. The summed E-state index contributed by atoms with van der Waals surface area (Å²) in [4.78, 5) is 19.9. The van der Waals surface area contributed by atoms with E-state index in [2.05, 4.69) is 52.3 Å². The lowest BCUT2D eigenvalue weighted by atomic mass is 9.83. The predicted molar refractivity (Wildman–Crippen MR) is 181 cm³/mol. The second-order valence-corrected chi connectivity index (χ2v) is 13.3. The van der Waals surface area contributed by atoms with Crippen LogP contribution >= 0.6 is 50.5 Å². The molecule has 4 aromatic carbocycles. The number of thiazole rings is 1. The van der Waals surface area contributed by atoms with Crippen LogP contribution in [0.2, 0.25) is 10.0 Å². The van der Waals surface area contributed by atoms with Crippen LogP contribution in [0.5, 0.6) is 11.5 Å². The van der Waals surface area contributed by atoms with Gasteiger partial charge in [-0.25, -0.2) is 4.99 Å². The number of benzene rings is 4. The molecule has 0 unspecified atom stereocenters. The highest BCUT2D eigenvalue weighted by molar-refractivity contribution is 9.10. The molecule has 0 amide bonds. The van der Waals surface area contributed by atoms with Crippen molar-refractivity contribution in [1.82, 2.24) is 4.57 Å². The molecule has 0 spiro atoms. The van der Waals surface area contributed by atoms with Gasteiger partial charge in [-0.1, -0.05) is 95.2 Å². The Morgan fingerprint density at radius 2 is 1.82 bits per heavy atom. The van der Waals surface area contributed by atoms with Crippen molar-refractivity contribution in [3.05, 3.63) is 153 Å². The topological polar surface area (TPSA) is 52.8 Å². The Balaban J connectivity index is 1.31. The van der Waals surface area contributed by atoms with Crippen LogP contribution < -0.4 is 24.4 Å². The summed E-state index contributed by atoms with van der Waals surface area (Å²) in [6.45, 7) is 0.232. The van der Waals surface area contributed by atoms with Crippen LogP contribution in [0.25, 0.3) is 11.8 Å². The van der Waals surface area contributed by atoms with Gasteiger partial charge in [0.25, 0.3) is 5.56 Å². The quantitative estimate of drug-likeness (QED) is 0.180. The number of rotatable bonds is 6. The van der Waals surface area contributed by atoms with Crippen LogP contribution in [0.15, 0.2) is 105 Å². The monoisotopic (exact) mass is 702 g/mol. The third-order valence-electron chi connectivity index (χ3n) is 7.92. The van der Waals surface area contributed by atoms with Gasteiger partial charge < -0.3 is 9.47 Å². The number of methoxy groups -OCH3 is 1. The van der Waals surface area contributed by atoms with E-state index in [1.807, 2.05) is 47.0 Å². The second-order valence-electron chi connectivity index (χ2n) is 10.6. The number of aromatic nitrogens is 1. The van der Waals surface area contributed by atoms with Crippen molar-refractivity contribution in [2.45, 2.75) is 25.5 Å². The first kappa shape index (κ1) is 29.1. The largest absolute Gasteiger partial charge is 0.493 e. The minimum atomic E-state index is -0.213. The molecular formula is C35H25BrCl2N2O3S. The molecule has 0 N–H and O–H groups in total. The number of allylic oxidation sites excluding steroid dienone is 1. The fourth-order valence-electron chi connectivity index (χ4n) is 5.86. The Bertz CT molecular complexity index is 2140. The molecular weight excluding hydrogens is 679 g/mol. The van der Waals surface area contributed by atoms with Crippen molar-refractivity contribution >= 4 is 62.2 Å². The van der Waals surface area contributed by atoms with Crippen molar-refractivity contribution in [3.8, 4) is 11.5 Å². The molecule has 2 aliphatic rings. The SMILES string of the molecule is COc1cc(/C=c2\sc3n(c2=O)[C@H](c2ccccc2)C2=C(N=3)c3ccccc3CC2)cc(Br)c1OCc1ccc(Cl)cc1Cl. The third-order valence-corrected chi connectivity index (χ3v) is 10.1. The zero-order chi connectivity index (χ0) is 30.4. The van der Waals surface area contributed by atoms with Gasteiger partial charge in [-0.2, -0.15) is 0 Å². The molecule has 1 aliphatic heterocycles. The van der Waals surface area contributed by atoms with Gasteiger partial charge in [-0.3, -0.25) is 9.36 Å². The molecule has 0 fully saturated rings. The van der Waals surface area contributed by atoms with E-state index >= 15 is 0 Å². The van der Waals surface area contributed by atoms with Crippen LogP contribution in [0.4, 0.5) is 0 Å². The van der Waals surface area contributed by atoms with E-state index < -0.39 is 0 Å². The lowest BCUT2D eigenvalue weighted by molar-refractivity contribution is 0.282. The van der Waals surface area contributed by atoms with Crippen LogP contribution in [0, 0.1) is 0 Å².